The van der Waals surface area contributed by atoms with Crippen molar-refractivity contribution in [2.75, 3.05) is 5.33 Å². The summed E-state index contributed by atoms with van der Waals surface area (Å²) in [5, 5.41) is 11.9. The van der Waals surface area contributed by atoms with Gasteiger partial charge < -0.3 is 15.2 Å². The van der Waals surface area contributed by atoms with E-state index in [2.05, 4.69) is 21.2 Å². The van der Waals surface area contributed by atoms with Crippen molar-refractivity contribution < 1.29 is 29.0 Å². The largest absolute Gasteiger partial charge is 0.509 e. The number of hydrogen-bond acceptors (Lipinski definition) is 7. The first-order valence-electron chi connectivity index (χ1n) is 9.62. The molecule has 0 saturated carbocycles. The number of alkyl halides is 1. The van der Waals surface area contributed by atoms with Crippen LogP contribution < -0.4 is 5.32 Å². The normalized spacial score (nSPS) is 19.2. The molecular weight excluding hydrogens is 488 g/mol. The van der Waals surface area contributed by atoms with Gasteiger partial charge >= 0.3 is 5.97 Å². The Kier molecular flexibility index (Phi) is 8.69. The molecule has 0 bridgehead atoms. The third-order valence-corrected chi connectivity index (χ3v) is 6.22. The van der Waals surface area contributed by atoms with Gasteiger partial charge in [0.15, 0.2) is 11.3 Å². The predicted molar refractivity (Wildman–Crippen MR) is 121 cm³/mol. The number of allylic oxidation sites excluding steroid dienone is 1. The molecule has 0 radical (unpaired) electrons. The van der Waals surface area contributed by atoms with E-state index in [1.165, 1.54) is 0 Å². The number of nitrogens with zero attached hydrogens (tertiary/aromatic N) is 1. The molecule has 2 rings (SSSR count). The summed E-state index contributed by atoms with van der Waals surface area (Å²) in [7, 11) is 0. The van der Waals surface area contributed by atoms with Crippen LogP contribution in [0, 0.1) is 0 Å². The second-order valence-electron chi connectivity index (χ2n) is 7.47. The summed E-state index contributed by atoms with van der Waals surface area (Å²) in [5.41, 5.74) is 0.117. The molecule has 8 nitrogen and oxygen atoms in total. The van der Waals surface area contributed by atoms with Crippen molar-refractivity contribution in [3.63, 3.8) is 0 Å². The number of hydrogen-bond donors (Lipinski definition) is 2. The van der Waals surface area contributed by atoms with Crippen molar-refractivity contribution in [1.29, 1.82) is 0 Å². The molecule has 10 heteroatoms. The Hall–Kier alpha value is -2.33. The number of thioether (sulfide) groups is 1. The quantitative estimate of drug-likeness (QED) is 0.124. The Morgan fingerprint density at radius 3 is 2.52 bits per heavy atom. The molecule has 2 N–H and O–H groups in total. The van der Waals surface area contributed by atoms with Crippen LogP contribution in [0.25, 0.3) is 0 Å². The molecule has 168 valence electrons. The molecule has 0 spiro atoms. The fraction of sp³-hybridized carbons (Fsp3) is 0.429. The highest BCUT2D eigenvalue weighted by molar-refractivity contribution is 9.09. The molecule has 0 aromatic heterocycles. The van der Waals surface area contributed by atoms with Crippen LogP contribution in [0.15, 0.2) is 41.8 Å². The Morgan fingerprint density at radius 1 is 1.32 bits per heavy atom. The highest BCUT2D eigenvalue weighted by Gasteiger charge is 2.53. The number of halogens is 1. The molecule has 0 aliphatic carbocycles. The third-order valence-electron chi connectivity index (χ3n) is 4.82. The number of ether oxygens (including phenoxy) is 1. The minimum Gasteiger partial charge on any atom is -0.509 e. The van der Waals surface area contributed by atoms with Gasteiger partial charge in [-0.05, 0) is 25.8 Å². The molecule has 1 aromatic carbocycles. The van der Waals surface area contributed by atoms with Crippen LogP contribution in [0.3, 0.4) is 0 Å². The van der Waals surface area contributed by atoms with E-state index in [0.717, 1.165) is 22.2 Å². The van der Waals surface area contributed by atoms with Crippen molar-refractivity contribution in [2.24, 2.45) is 0 Å². The SMILES string of the molecule is CCC(C)(C)OC(=O)/C(=C(/O)CBr)N1C(=O)C(NC(=O)Cc2ccccc2)C1SC=O. The molecule has 1 aliphatic rings. The lowest BCUT2D eigenvalue weighted by atomic mass is 10.0. The van der Waals surface area contributed by atoms with Crippen molar-refractivity contribution in [1.82, 2.24) is 10.2 Å². The zero-order chi connectivity index (χ0) is 23.2. The summed E-state index contributed by atoms with van der Waals surface area (Å²) >= 11 is 3.80. The maximum Gasteiger partial charge on any atom is 0.359 e. The number of carbonyl (C=O) groups is 4. The van der Waals surface area contributed by atoms with Gasteiger partial charge in [0.2, 0.25) is 5.91 Å². The van der Waals surface area contributed by atoms with E-state index in [1.54, 1.807) is 38.1 Å². The van der Waals surface area contributed by atoms with Gasteiger partial charge in [0, 0.05) is 0 Å². The van der Waals surface area contributed by atoms with Crippen LogP contribution in [-0.4, -0.2) is 55.8 Å². The Balaban J connectivity index is 2.22. The van der Waals surface area contributed by atoms with Crippen LogP contribution in [-0.2, 0) is 30.3 Å². The molecule has 1 heterocycles. The van der Waals surface area contributed by atoms with Gasteiger partial charge in [-0.25, -0.2) is 4.79 Å². The van der Waals surface area contributed by atoms with Crippen molar-refractivity contribution in [3.05, 3.63) is 47.4 Å². The topological polar surface area (TPSA) is 113 Å². The Morgan fingerprint density at radius 2 is 1.97 bits per heavy atom. The van der Waals surface area contributed by atoms with Crippen LogP contribution in [0.5, 0.6) is 0 Å². The lowest BCUT2D eigenvalue weighted by Gasteiger charge is -2.46. The summed E-state index contributed by atoms with van der Waals surface area (Å²) in [6.45, 7) is 5.24. The van der Waals surface area contributed by atoms with Gasteiger partial charge in [0.25, 0.3) is 5.91 Å². The number of nitrogens with one attached hydrogen (secondary N) is 1. The number of β-lactam (4-membered cyclic amide) rings is 1. The number of rotatable bonds is 10. The zero-order valence-corrected chi connectivity index (χ0v) is 19.9. The molecule has 1 saturated heterocycles. The van der Waals surface area contributed by atoms with E-state index in [0.29, 0.717) is 12.0 Å². The van der Waals surface area contributed by atoms with E-state index in [-0.39, 0.29) is 17.4 Å². The van der Waals surface area contributed by atoms with Gasteiger partial charge in [0.1, 0.15) is 22.8 Å². The molecular formula is C21H25BrN2O6S. The van der Waals surface area contributed by atoms with Crippen LogP contribution in [0.2, 0.25) is 0 Å². The number of aliphatic hydroxyl groups is 1. The standard InChI is InChI=1S/C21H25BrN2O6S/c1-4-21(2,3)30-20(29)17(14(26)11-22)24-18(28)16(19(24)31-12-25)23-15(27)10-13-8-6-5-7-9-13/h5-9,12,16,19,26H,4,10-11H2,1-3H3,(H,23,27)/b17-14-. The van der Waals surface area contributed by atoms with E-state index in [1.807, 2.05) is 13.0 Å². The smallest absolute Gasteiger partial charge is 0.359 e. The monoisotopic (exact) mass is 512 g/mol. The average Bonchev–Trinajstić information content (AvgIpc) is 2.74. The van der Waals surface area contributed by atoms with Gasteiger partial charge in [-0.1, -0.05) is 64.9 Å². The van der Waals surface area contributed by atoms with Crippen molar-refractivity contribution in [3.8, 4) is 0 Å². The minimum absolute atomic E-state index is 0.0607. The molecule has 31 heavy (non-hydrogen) atoms. The molecule has 1 fully saturated rings. The zero-order valence-electron chi connectivity index (χ0n) is 17.5. The fourth-order valence-electron chi connectivity index (χ4n) is 2.83. The molecule has 2 atom stereocenters. The molecule has 1 aliphatic heterocycles. The van der Waals surface area contributed by atoms with E-state index < -0.39 is 40.6 Å². The molecule has 2 unspecified atom stereocenters. The lowest BCUT2D eigenvalue weighted by molar-refractivity contribution is -0.160. The number of amides is 2. The van der Waals surface area contributed by atoms with E-state index in [4.69, 9.17) is 4.74 Å². The first kappa shape index (κ1) is 24.9. The second kappa shape index (κ2) is 10.8. The second-order valence-corrected chi connectivity index (χ2v) is 8.98. The minimum atomic E-state index is -1.02. The third kappa shape index (κ3) is 6.10. The first-order chi connectivity index (χ1) is 14.6. The Labute approximate surface area is 193 Å². The summed E-state index contributed by atoms with van der Waals surface area (Å²) in [6.07, 6.45) is 0.574. The van der Waals surface area contributed by atoms with E-state index >= 15 is 0 Å². The van der Waals surface area contributed by atoms with Crippen molar-refractivity contribution >= 4 is 51.1 Å². The van der Waals surface area contributed by atoms with Gasteiger partial charge in [-0.3, -0.25) is 19.3 Å². The molecule has 1 aromatic rings. The highest BCUT2D eigenvalue weighted by Crippen LogP contribution is 2.35. The summed E-state index contributed by atoms with van der Waals surface area (Å²) < 4.78 is 5.44. The van der Waals surface area contributed by atoms with Gasteiger partial charge in [0.05, 0.1) is 11.8 Å². The van der Waals surface area contributed by atoms with Gasteiger partial charge in [-0.2, -0.15) is 0 Å². The Bertz CT molecular complexity index is 874. The maximum atomic E-state index is 12.8. The first-order valence-corrected chi connectivity index (χ1v) is 11.7. The van der Waals surface area contributed by atoms with Crippen LogP contribution in [0.1, 0.15) is 32.8 Å². The van der Waals surface area contributed by atoms with Crippen molar-refractivity contribution in [2.45, 2.75) is 50.6 Å². The fourth-order valence-corrected chi connectivity index (χ4v) is 3.88. The summed E-state index contributed by atoms with van der Waals surface area (Å²) in [5.74, 6) is -2.31. The predicted octanol–water partition coefficient (Wildman–Crippen LogP) is 2.70. The average molecular weight is 513 g/mol. The number of likely N-dealkylation sites (tertiary alicyclic amines) is 1. The van der Waals surface area contributed by atoms with E-state index in [9.17, 15) is 24.3 Å². The summed E-state index contributed by atoms with van der Waals surface area (Å²) in [6, 6.07) is 7.98. The lowest BCUT2D eigenvalue weighted by Crippen LogP contribution is -2.69. The summed E-state index contributed by atoms with van der Waals surface area (Å²) in [4.78, 5) is 50.2. The number of esters is 1. The maximum absolute atomic E-state index is 12.8. The van der Waals surface area contributed by atoms with Crippen LogP contribution >= 0.6 is 27.7 Å². The highest BCUT2D eigenvalue weighted by atomic mass is 79.9. The molecule has 2 amide bonds. The number of carbonyl (C=O) groups excluding carboxylic acids is 4. The van der Waals surface area contributed by atoms with Gasteiger partial charge in [-0.15, -0.1) is 0 Å². The van der Waals surface area contributed by atoms with Crippen LogP contribution in [0.4, 0.5) is 0 Å². The number of aliphatic hydroxyl groups excluding tert-OH is 1. The number of benzene rings is 1.